The Morgan fingerprint density at radius 3 is 2.71 bits per heavy atom. The fourth-order valence-corrected chi connectivity index (χ4v) is 3.72. The van der Waals surface area contributed by atoms with E-state index in [1.54, 1.807) is 31.2 Å². The van der Waals surface area contributed by atoms with Gasteiger partial charge < -0.3 is 10.1 Å². The third-order valence-corrected chi connectivity index (χ3v) is 5.48. The molecule has 1 aliphatic rings. The quantitative estimate of drug-likeness (QED) is 0.619. The van der Waals surface area contributed by atoms with Crippen LogP contribution in [0.1, 0.15) is 19.8 Å². The number of fused-ring (bicyclic) bond motifs is 1. The van der Waals surface area contributed by atoms with Gasteiger partial charge in [0, 0.05) is 36.5 Å². The van der Waals surface area contributed by atoms with Gasteiger partial charge in [-0.05, 0) is 44.0 Å². The van der Waals surface area contributed by atoms with Gasteiger partial charge in [0.25, 0.3) is 5.56 Å². The molecule has 1 saturated heterocycles. The Morgan fingerprint density at radius 1 is 1.26 bits per heavy atom. The molecule has 4 rings (SSSR count). The number of nitrogens with zero attached hydrogens (tertiary/aromatic N) is 4. The molecule has 1 fully saturated rings. The second kappa shape index (κ2) is 8.99. The normalized spacial score (nSPS) is 16.0. The highest BCUT2D eigenvalue weighted by molar-refractivity contribution is 6.30. The topological polar surface area (TPSA) is 108 Å². The van der Waals surface area contributed by atoms with E-state index in [1.165, 1.54) is 10.8 Å². The first kappa shape index (κ1) is 21.2. The minimum absolute atomic E-state index is 0.0238. The lowest BCUT2D eigenvalue weighted by atomic mass is 10.2. The van der Waals surface area contributed by atoms with Crippen LogP contribution < -0.4 is 16.6 Å². The molecule has 10 heteroatoms. The number of hydrogen-bond acceptors (Lipinski definition) is 6. The van der Waals surface area contributed by atoms with E-state index in [0.717, 1.165) is 17.4 Å². The van der Waals surface area contributed by atoms with Crippen molar-refractivity contribution in [2.45, 2.75) is 39.0 Å². The molecule has 162 valence electrons. The second-order valence-electron chi connectivity index (χ2n) is 7.30. The van der Waals surface area contributed by atoms with Crippen molar-refractivity contribution in [2.24, 2.45) is 0 Å². The van der Waals surface area contributed by atoms with Crippen LogP contribution >= 0.6 is 11.6 Å². The summed E-state index contributed by atoms with van der Waals surface area (Å²) in [5, 5.41) is 3.49. The lowest BCUT2D eigenvalue weighted by molar-refractivity contribution is -0.122. The summed E-state index contributed by atoms with van der Waals surface area (Å²) in [6, 6.07) is 6.95. The van der Waals surface area contributed by atoms with Gasteiger partial charge in [-0.3, -0.25) is 18.7 Å². The molecule has 1 aromatic carbocycles. The summed E-state index contributed by atoms with van der Waals surface area (Å²) < 4.78 is 7.76. The highest BCUT2D eigenvalue weighted by Crippen LogP contribution is 2.19. The van der Waals surface area contributed by atoms with Crippen LogP contribution in [0.3, 0.4) is 0 Å². The van der Waals surface area contributed by atoms with Crippen molar-refractivity contribution in [3.05, 3.63) is 56.3 Å². The van der Waals surface area contributed by atoms with Crippen molar-refractivity contribution in [2.75, 3.05) is 13.2 Å². The molecule has 0 radical (unpaired) electrons. The SMILES string of the molecule is CCn1c(=O)n(CC(=O)NC[C@@H]2CCCO2)c(=O)c2cnc(-c3ccc(Cl)cc3)nc21. The zero-order valence-corrected chi connectivity index (χ0v) is 17.8. The summed E-state index contributed by atoms with van der Waals surface area (Å²) >= 11 is 5.93. The fraction of sp³-hybridized carbons (Fsp3) is 0.381. The number of carbonyl (C=O) groups is 1. The number of aromatic nitrogens is 4. The van der Waals surface area contributed by atoms with Gasteiger partial charge in [0.2, 0.25) is 5.91 Å². The maximum absolute atomic E-state index is 13.0. The van der Waals surface area contributed by atoms with Gasteiger partial charge in [-0.1, -0.05) is 11.6 Å². The summed E-state index contributed by atoms with van der Waals surface area (Å²) in [6.45, 7) is 2.72. The van der Waals surface area contributed by atoms with Crippen LogP contribution in [0.15, 0.2) is 40.1 Å². The Balaban J connectivity index is 1.68. The number of amides is 1. The Kier molecular flexibility index (Phi) is 6.15. The maximum atomic E-state index is 13.0. The van der Waals surface area contributed by atoms with Crippen LogP contribution in [0.25, 0.3) is 22.4 Å². The average molecular weight is 444 g/mol. The van der Waals surface area contributed by atoms with Crippen LogP contribution in [0, 0.1) is 0 Å². The van der Waals surface area contributed by atoms with Gasteiger partial charge in [-0.2, -0.15) is 0 Å². The Morgan fingerprint density at radius 2 is 2.03 bits per heavy atom. The molecule has 3 aromatic rings. The van der Waals surface area contributed by atoms with Gasteiger partial charge >= 0.3 is 5.69 Å². The molecule has 0 saturated carbocycles. The molecular weight excluding hydrogens is 422 g/mol. The first-order chi connectivity index (χ1) is 15.0. The number of carbonyl (C=O) groups excluding carboxylic acids is 1. The summed E-state index contributed by atoms with van der Waals surface area (Å²) in [5.41, 5.74) is -0.250. The lowest BCUT2D eigenvalue weighted by Gasteiger charge is -2.14. The van der Waals surface area contributed by atoms with Crippen molar-refractivity contribution >= 4 is 28.5 Å². The maximum Gasteiger partial charge on any atom is 0.333 e. The first-order valence-electron chi connectivity index (χ1n) is 10.1. The summed E-state index contributed by atoms with van der Waals surface area (Å²) in [4.78, 5) is 47.0. The van der Waals surface area contributed by atoms with Gasteiger partial charge in [0.05, 0.1) is 6.10 Å². The molecule has 9 nitrogen and oxygen atoms in total. The molecule has 3 heterocycles. The van der Waals surface area contributed by atoms with Gasteiger partial charge in [0.15, 0.2) is 11.5 Å². The summed E-state index contributed by atoms with van der Waals surface area (Å²) in [7, 11) is 0. The van der Waals surface area contributed by atoms with Crippen LogP contribution in [0.4, 0.5) is 0 Å². The number of halogens is 1. The minimum Gasteiger partial charge on any atom is -0.376 e. The molecule has 1 atom stereocenters. The number of hydrogen-bond donors (Lipinski definition) is 1. The summed E-state index contributed by atoms with van der Waals surface area (Å²) in [5.74, 6) is -0.0485. The van der Waals surface area contributed by atoms with E-state index >= 15 is 0 Å². The predicted molar refractivity (Wildman–Crippen MR) is 116 cm³/mol. The summed E-state index contributed by atoms with van der Waals surface area (Å²) in [6.07, 6.45) is 3.21. The number of aryl methyl sites for hydroxylation is 1. The van der Waals surface area contributed by atoms with Crippen molar-refractivity contribution < 1.29 is 9.53 Å². The Bertz CT molecular complexity index is 1230. The molecule has 0 aliphatic carbocycles. The molecular formula is C21H22ClN5O4. The number of benzene rings is 1. The lowest BCUT2D eigenvalue weighted by Crippen LogP contribution is -2.45. The van der Waals surface area contributed by atoms with Gasteiger partial charge in [0.1, 0.15) is 11.9 Å². The van der Waals surface area contributed by atoms with Gasteiger partial charge in [-0.15, -0.1) is 0 Å². The van der Waals surface area contributed by atoms with E-state index in [9.17, 15) is 14.4 Å². The smallest absolute Gasteiger partial charge is 0.333 e. The number of rotatable bonds is 6. The minimum atomic E-state index is -0.598. The highest BCUT2D eigenvalue weighted by Gasteiger charge is 2.19. The molecule has 31 heavy (non-hydrogen) atoms. The highest BCUT2D eigenvalue weighted by atomic mass is 35.5. The van der Waals surface area contributed by atoms with Crippen LogP contribution in [-0.4, -0.2) is 44.3 Å². The largest absolute Gasteiger partial charge is 0.376 e. The molecule has 1 N–H and O–H groups in total. The van der Waals surface area contributed by atoms with E-state index in [-0.39, 0.29) is 30.2 Å². The molecule has 0 unspecified atom stereocenters. The average Bonchev–Trinajstić information content (AvgIpc) is 3.29. The van der Waals surface area contributed by atoms with E-state index in [4.69, 9.17) is 16.3 Å². The first-order valence-corrected chi connectivity index (χ1v) is 10.5. The van der Waals surface area contributed by atoms with E-state index in [1.807, 2.05) is 0 Å². The molecule has 1 aliphatic heterocycles. The Labute approximate surface area is 182 Å². The third kappa shape index (κ3) is 4.38. The Hall–Kier alpha value is -3.04. The fourth-order valence-electron chi connectivity index (χ4n) is 3.59. The van der Waals surface area contributed by atoms with Crippen LogP contribution in [0.5, 0.6) is 0 Å². The van der Waals surface area contributed by atoms with Crippen LogP contribution in [-0.2, 0) is 22.6 Å². The predicted octanol–water partition coefficient (Wildman–Crippen LogP) is 1.59. The standard InChI is InChI=1S/C21H22ClN5O4/c1-2-26-19-16(11-24-18(25-19)13-5-7-14(22)8-6-13)20(29)27(21(26)30)12-17(28)23-10-15-4-3-9-31-15/h5-8,11,15H,2-4,9-10,12H2,1H3,(H,23,28)/t15-/m0/s1. The monoisotopic (exact) mass is 443 g/mol. The van der Waals surface area contributed by atoms with E-state index in [0.29, 0.717) is 29.6 Å². The third-order valence-electron chi connectivity index (χ3n) is 5.23. The number of nitrogens with one attached hydrogen (secondary N) is 1. The molecule has 1 amide bonds. The van der Waals surface area contributed by atoms with Crippen LogP contribution in [0.2, 0.25) is 5.02 Å². The molecule has 2 aromatic heterocycles. The second-order valence-corrected chi connectivity index (χ2v) is 7.73. The van der Waals surface area contributed by atoms with Crippen molar-refractivity contribution in [3.63, 3.8) is 0 Å². The molecule has 0 spiro atoms. The van der Waals surface area contributed by atoms with Crippen molar-refractivity contribution in [1.29, 1.82) is 0 Å². The zero-order chi connectivity index (χ0) is 22.0. The zero-order valence-electron chi connectivity index (χ0n) is 17.0. The van der Waals surface area contributed by atoms with Crippen molar-refractivity contribution in [3.8, 4) is 11.4 Å². The van der Waals surface area contributed by atoms with E-state index in [2.05, 4.69) is 15.3 Å². The van der Waals surface area contributed by atoms with E-state index < -0.39 is 17.2 Å². The molecule has 0 bridgehead atoms. The van der Waals surface area contributed by atoms with Crippen molar-refractivity contribution in [1.82, 2.24) is 24.4 Å². The number of ether oxygens (including phenoxy) is 1. The van der Waals surface area contributed by atoms with Gasteiger partial charge in [-0.25, -0.2) is 14.8 Å².